The number of rotatable bonds is 7. The van der Waals surface area contributed by atoms with Crippen LogP contribution in [-0.4, -0.2) is 102 Å². The number of nitrogens with zero attached hydrogens (tertiary/aromatic N) is 4. The Kier molecular flexibility index (Phi) is 7.97. The van der Waals surface area contributed by atoms with E-state index in [0.717, 1.165) is 31.7 Å². The summed E-state index contributed by atoms with van der Waals surface area (Å²) in [6, 6.07) is 14.7. The molecule has 0 radical (unpaired) electrons. The first-order chi connectivity index (χ1) is 16.7. The van der Waals surface area contributed by atoms with Crippen molar-refractivity contribution < 1.29 is 16.8 Å². The van der Waals surface area contributed by atoms with Crippen LogP contribution in [0.3, 0.4) is 0 Å². The van der Waals surface area contributed by atoms with Crippen LogP contribution in [0.5, 0.6) is 0 Å². The molecule has 0 bridgehead atoms. The van der Waals surface area contributed by atoms with Crippen LogP contribution in [0.2, 0.25) is 0 Å². The van der Waals surface area contributed by atoms with Gasteiger partial charge in [-0.3, -0.25) is 0 Å². The van der Waals surface area contributed by atoms with E-state index >= 15 is 0 Å². The maximum absolute atomic E-state index is 13.4. The lowest BCUT2D eigenvalue weighted by atomic mass is 10.1. The minimum atomic E-state index is -3.68. The van der Waals surface area contributed by atoms with Crippen LogP contribution >= 0.6 is 0 Å². The van der Waals surface area contributed by atoms with Gasteiger partial charge in [-0.25, -0.2) is 16.8 Å². The Bertz CT molecular complexity index is 1220. The predicted octanol–water partition coefficient (Wildman–Crippen LogP) is 1.90. The molecule has 8 nitrogen and oxygen atoms in total. The molecule has 0 aliphatic carbocycles. The van der Waals surface area contributed by atoms with Gasteiger partial charge in [0.15, 0.2) is 9.84 Å². The highest BCUT2D eigenvalue weighted by atomic mass is 32.2. The standard InChI is InChI=1S/C25H34N4O4S2/c1-26-14-17-28(18-15-26)13-6-20-34(30,31)23-11-9-22(10-12-23)25-21-27(2)16-19-29(25)35(32,33)24-7-4-3-5-8-24/h3-13,25H,14-21H2,1-2H3. The molecule has 2 aliphatic rings. The van der Waals surface area contributed by atoms with Gasteiger partial charge in [-0.05, 0) is 50.1 Å². The van der Waals surface area contributed by atoms with Gasteiger partial charge >= 0.3 is 0 Å². The van der Waals surface area contributed by atoms with E-state index in [2.05, 4.69) is 21.7 Å². The summed E-state index contributed by atoms with van der Waals surface area (Å²) in [5.74, 6) is -0.0701. The van der Waals surface area contributed by atoms with Crippen molar-refractivity contribution in [2.75, 3.05) is 65.7 Å². The monoisotopic (exact) mass is 518 g/mol. The number of piperazine rings is 2. The molecule has 0 N–H and O–H groups in total. The summed E-state index contributed by atoms with van der Waals surface area (Å²) in [7, 11) is -3.11. The first-order valence-corrected chi connectivity index (χ1v) is 14.9. The van der Waals surface area contributed by atoms with Crippen molar-refractivity contribution >= 4 is 19.9 Å². The minimum Gasteiger partial charge on any atom is -0.375 e. The van der Waals surface area contributed by atoms with E-state index in [1.807, 2.05) is 13.2 Å². The smallest absolute Gasteiger partial charge is 0.243 e. The Morgan fingerprint density at radius 2 is 1.40 bits per heavy atom. The fourth-order valence-electron chi connectivity index (χ4n) is 4.47. The third-order valence-electron chi connectivity index (χ3n) is 6.68. The zero-order valence-corrected chi connectivity index (χ0v) is 22.0. The fourth-order valence-corrected chi connectivity index (χ4v) is 7.17. The molecule has 2 aromatic carbocycles. The summed E-state index contributed by atoms with van der Waals surface area (Å²) >= 11 is 0. The number of sulfone groups is 1. The lowest BCUT2D eigenvalue weighted by Crippen LogP contribution is -2.49. The Labute approximate surface area is 209 Å². The van der Waals surface area contributed by atoms with E-state index in [1.54, 1.807) is 60.7 Å². The van der Waals surface area contributed by atoms with Crippen LogP contribution < -0.4 is 0 Å². The summed E-state index contributed by atoms with van der Waals surface area (Å²) in [6.07, 6.45) is 3.59. The van der Waals surface area contributed by atoms with Gasteiger partial charge in [0, 0.05) is 45.8 Å². The normalized spacial score (nSPS) is 21.5. The zero-order chi connectivity index (χ0) is 25.1. The van der Waals surface area contributed by atoms with Crippen molar-refractivity contribution in [2.24, 2.45) is 0 Å². The molecule has 0 aromatic heterocycles. The maximum Gasteiger partial charge on any atom is 0.243 e. The van der Waals surface area contributed by atoms with Crippen LogP contribution in [0.1, 0.15) is 11.6 Å². The highest BCUT2D eigenvalue weighted by Gasteiger charge is 2.36. The zero-order valence-electron chi connectivity index (χ0n) is 20.3. The van der Waals surface area contributed by atoms with Gasteiger partial charge < -0.3 is 14.7 Å². The van der Waals surface area contributed by atoms with Crippen molar-refractivity contribution in [1.82, 2.24) is 19.0 Å². The molecule has 2 saturated heterocycles. The number of sulfonamides is 1. The summed E-state index contributed by atoms with van der Waals surface area (Å²) in [5.41, 5.74) is 0.781. The van der Waals surface area contributed by atoms with Gasteiger partial charge in [0.25, 0.3) is 0 Å². The molecule has 2 aliphatic heterocycles. The Morgan fingerprint density at radius 3 is 2.06 bits per heavy atom. The predicted molar refractivity (Wildman–Crippen MR) is 137 cm³/mol. The van der Waals surface area contributed by atoms with Gasteiger partial charge in [0.2, 0.25) is 10.0 Å². The van der Waals surface area contributed by atoms with Crippen molar-refractivity contribution in [3.8, 4) is 0 Å². The molecule has 0 saturated carbocycles. The van der Waals surface area contributed by atoms with Crippen LogP contribution in [0.25, 0.3) is 0 Å². The van der Waals surface area contributed by atoms with Crippen molar-refractivity contribution in [1.29, 1.82) is 0 Å². The first-order valence-electron chi connectivity index (χ1n) is 11.8. The molecule has 1 unspecified atom stereocenters. The molecule has 10 heteroatoms. The SMILES string of the molecule is CN1CCN(C=CCS(=O)(=O)c2ccc(C3CN(C)CCN3S(=O)(=O)c3ccccc3)cc2)CC1. The number of likely N-dealkylation sites (N-methyl/N-ethyl adjacent to an activating group) is 2. The molecule has 2 heterocycles. The topological polar surface area (TPSA) is 81.2 Å². The third-order valence-corrected chi connectivity index (χ3v) is 10.2. The quantitative estimate of drug-likeness (QED) is 0.554. The largest absolute Gasteiger partial charge is 0.375 e. The molecule has 35 heavy (non-hydrogen) atoms. The summed E-state index contributed by atoms with van der Waals surface area (Å²) in [5, 5.41) is 0. The second-order valence-corrected chi connectivity index (χ2v) is 13.2. The Balaban J connectivity index is 1.50. The number of hydrogen-bond donors (Lipinski definition) is 0. The molecule has 0 amide bonds. The maximum atomic E-state index is 13.4. The lowest BCUT2D eigenvalue weighted by molar-refractivity contribution is 0.160. The second-order valence-electron chi connectivity index (χ2n) is 9.28. The molecule has 2 aromatic rings. The van der Waals surface area contributed by atoms with E-state index < -0.39 is 25.9 Å². The average Bonchev–Trinajstić information content (AvgIpc) is 2.85. The van der Waals surface area contributed by atoms with Gasteiger partial charge in [0.05, 0.1) is 21.6 Å². The van der Waals surface area contributed by atoms with E-state index in [1.165, 1.54) is 4.31 Å². The fraction of sp³-hybridized carbons (Fsp3) is 0.440. The summed E-state index contributed by atoms with van der Waals surface area (Å²) in [4.78, 5) is 6.99. The first kappa shape index (κ1) is 25.8. The summed E-state index contributed by atoms with van der Waals surface area (Å²) < 4.78 is 54.0. The van der Waals surface area contributed by atoms with Crippen molar-refractivity contribution in [3.05, 3.63) is 72.4 Å². The molecular weight excluding hydrogens is 484 g/mol. The molecule has 2 fully saturated rings. The minimum absolute atomic E-state index is 0.0701. The second kappa shape index (κ2) is 10.8. The average molecular weight is 519 g/mol. The van der Waals surface area contributed by atoms with E-state index in [9.17, 15) is 16.8 Å². The van der Waals surface area contributed by atoms with Gasteiger partial charge in [-0.15, -0.1) is 0 Å². The molecule has 190 valence electrons. The Morgan fingerprint density at radius 1 is 0.771 bits per heavy atom. The lowest BCUT2D eigenvalue weighted by Gasteiger charge is -2.39. The molecule has 0 spiro atoms. The number of benzene rings is 2. The third kappa shape index (κ3) is 6.13. The molecule has 1 atom stereocenters. The van der Waals surface area contributed by atoms with Gasteiger partial charge in [-0.2, -0.15) is 4.31 Å². The van der Waals surface area contributed by atoms with Crippen LogP contribution in [0.15, 0.2) is 76.7 Å². The highest BCUT2D eigenvalue weighted by Crippen LogP contribution is 2.31. The van der Waals surface area contributed by atoms with Gasteiger partial charge in [-0.1, -0.05) is 36.4 Å². The highest BCUT2D eigenvalue weighted by molar-refractivity contribution is 7.91. The van der Waals surface area contributed by atoms with Crippen molar-refractivity contribution in [2.45, 2.75) is 15.8 Å². The van der Waals surface area contributed by atoms with Crippen LogP contribution in [0, 0.1) is 0 Å². The van der Waals surface area contributed by atoms with Crippen LogP contribution in [0.4, 0.5) is 0 Å². The van der Waals surface area contributed by atoms with Crippen LogP contribution in [-0.2, 0) is 19.9 Å². The van der Waals surface area contributed by atoms with Gasteiger partial charge in [0.1, 0.15) is 0 Å². The Hall–Kier alpha value is -2.24. The summed E-state index contributed by atoms with van der Waals surface area (Å²) in [6.45, 7) is 5.24. The molecular formula is C25H34N4O4S2. The van der Waals surface area contributed by atoms with E-state index in [0.29, 0.717) is 19.6 Å². The van der Waals surface area contributed by atoms with E-state index in [4.69, 9.17) is 0 Å². The van der Waals surface area contributed by atoms with E-state index in [-0.39, 0.29) is 15.5 Å². The number of hydrogen-bond acceptors (Lipinski definition) is 7. The molecule has 4 rings (SSSR count). The van der Waals surface area contributed by atoms with Crippen molar-refractivity contribution in [3.63, 3.8) is 0 Å².